The molecule has 0 aromatic rings. The number of rotatable bonds is 2. The van der Waals surface area contributed by atoms with Crippen LogP contribution in [-0.4, -0.2) is 4.21 Å². The summed E-state index contributed by atoms with van der Waals surface area (Å²) < 4.78 is 34.4. The summed E-state index contributed by atoms with van der Waals surface area (Å²) in [6, 6.07) is 0. The maximum atomic E-state index is 11.9. The summed E-state index contributed by atoms with van der Waals surface area (Å²) in [4.78, 5) is 0. The number of hydrogen-bond donors (Lipinski definition) is 0. The van der Waals surface area contributed by atoms with Crippen molar-refractivity contribution in [3.8, 4) is 0 Å². The molecule has 4 heteroatoms. The molecule has 0 aliphatic carbocycles. The molecule has 0 spiro atoms. The second kappa shape index (κ2) is 4.33. The summed E-state index contributed by atoms with van der Waals surface area (Å²) in [5, 5.41) is 1.67. The predicted molar refractivity (Wildman–Crippen MR) is 37.9 cm³/mol. The van der Waals surface area contributed by atoms with E-state index in [1.54, 1.807) is 0 Å². The number of allylic oxidation sites excluding steroid dienone is 2. The maximum Gasteiger partial charge on any atom is 0.106 e. The first-order chi connectivity index (χ1) is 4.52. The number of hydrogen-bond acceptors (Lipinski definition) is 1. The Bertz CT molecular complexity index is 168. The van der Waals surface area contributed by atoms with Crippen molar-refractivity contribution in [2.45, 2.75) is 13.8 Å². The second-order valence-corrected chi connectivity index (χ2v) is 2.87. The molecule has 0 saturated carbocycles. The van der Waals surface area contributed by atoms with Gasteiger partial charge in [0.25, 0.3) is 0 Å². The third-order valence-corrected chi connectivity index (χ3v) is 1.67. The number of halogens is 2. The molecule has 0 unspecified atom stereocenters. The van der Waals surface area contributed by atoms with E-state index in [2.05, 4.69) is 0 Å². The second-order valence-electron chi connectivity index (χ2n) is 1.74. The summed E-state index contributed by atoms with van der Waals surface area (Å²) in [5.41, 5.74) is 0. The highest BCUT2D eigenvalue weighted by atomic mass is 32.2. The topological polar surface area (TPSA) is 17.1 Å². The van der Waals surface area contributed by atoms with Crippen molar-refractivity contribution in [1.82, 2.24) is 0 Å². The van der Waals surface area contributed by atoms with E-state index in [9.17, 15) is 13.0 Å². The molecular formula is C6H8F2OS. The van der Waals surface area contributed by atoms with Crippen LogP contribution in [0.4, 0.5) is 8.78 Å². The Balaban J connectivity index is 4.14. The SMILES string of the molecule is CC(F)=CS(=O)C=C(C)F. The third kappa shape index (κ3) is 5.62. The quantitative estimate of drug-likeness (QED) is 0.615. The summed E-state index contributed by atoms with van der Waals surface area (Å²) in [6.07, 6.45) is 0. The van der Waals surface area contributed by atoms with Crippen molar-refractivity contribution >= 4 is 10.8 Å². The zero-order valence-corrected chi connectivity index (χ0v) is 6.54. The van der Waals surface area contributed by atoms with Crippen molar-refractivity contribution in [1.29, 1.82) is 0 Å². The van der Waals surface area contributed by atoms with Gasteiger partial charge in [-0.1, -0.05) is 0 Å². The molecule has 0 fully saturated rings. The van der Waals surface area contributed by atoms with Gasteiger partial charge >= 0.3 is 0 Å². The van der Waals surface area contributed by atoms with Crippen LogP contribution in [0.2, 0.25) is 0 Å². The molecule has 0 heterocycles. The average Bonchev–Trinajstić information content (AvgIpc) is 1.58. The molecular weight excluding hydrogens is 158 g/mol. The van der Waals surface area contributed by atoms with Gasteiger partial charge in [-0.3, -0.25) is 4.21 Å². The van der Waals surface area contributed by atoms with Gasteiger partial charge in [-0.2, -0.15) is 0 Å². The minimum absolute atomic E-state index is 0.573. The molecule has 0 amide bonds. The molecule has 0 rings (SSSR count). The lowest BCUT2D eigenvalue weighted by Gasteiger charge is -1.84. The maximum absolute atomic E-state index is 11.9. The Morgan fingerprint density at radius 3 is 1.70 bits per heavy atom. The summed E-state index contributed by atoms with van der Waals surface area (Å²) in [5.74, 6) is -1.15. The van der Waals surface area contributed by atoms with Crippen LogP contribution in [0.1, 0.15) is 13.8 Å². The molecule has 0 N–H and O–H groups in total. The first-order valence-electron chi connectivity index (χ1n) is 2.59. The van der Waals surface area contributed by atoms with E-state index in [1.165, 1.54) is 0 Å². The van der Waals surface area contributed by atoms with Gasteiger partial charge in [0.15, 0.2) is 0 Å². The van der Waals surface area contributed by atoms with E-state index in [0.717, 1.165) is 24.7 Å². The van der Waals surface area contributed by atoms with Crippen LogP contribution in [0.5, 0.6) is 0 Å². The van der Waals surface area contributed by atoms with Crippen LogP contribution in [0.25, 0.3) is 0 Å². The van der Waals surface area contributed by atoms with E-state index < -0.39 is 22.5 Å². The van der Waals surface area contributed by atoms with E-state index in [0.29, 0.717) is 0 Å². The molecule has 0 aliphatic rings. The van der Waals surface area contributed by atoms with Gasteiger partial charge in [0.05, 0.1) is 10.8 Å². The van der Waals surface area contributed by atoms with Gasteiger partial charge in [0.2, 0.25) is 0 Å². The smallest absolute Gasteiger partial charge is 0.106 e. The van der Waals surface area contributed by atoms with Gasteiger partial charge in [-0.15, -0.1) is 0 Å². The summed E-state index contributed by atoms with van der Waals surface area (Å²) in [7, 11) is -1.65. The van der Waals surface area contributed by atoms with E-state index in [1.807, 2.05) is 0 Å². The minimum Gasteiger partial charge on any atom is -0.250 e. The monoisotopic (exact) mass is 166 g/mol. The Kier molecular flexibility index (Phi) is 4.11. The van der Waals surface area contributed by atoms with Crippen LogP contribution < -0.4 is 0 Å². The minimum atomic E-state index is -1.65. The van der Waals surface area contributed by atoms with Crippen LogP contribution in [-0.2, 0) is 10.8 Å². The Morgan fingerprint density at radius 1 is 1.20 bits per heavy atom. The first kappa shape index (κ1) is 9.49. The molecule has 10 heavy (non-hydrogen) atoms. The highest BCUT2D eigenvalue weighted by Gasteiger charge is 1.91. The third-order valence-electron chi connectivity index (χ3n) is 0.557. The van der Waals surface area contributed by atoms with E-state index >= 15 is 0 Å². The van der Waals surface area contributed by atoms with E-state index in [-0.39, 0.29) is 0 Å². The van der Waals surface area contributed by atoms with Crippen molar-refractivity contribution in [3.63, 3.8) is 0 Å². The molecule has 0 atom stereocenters. The van der Waals surface area contributed by atoms with Gasteiger partial charge in [0.1, 0.15) is 11.7 Å². The van der Waals surface area contributed by atoms with Crippen LogP contribution in [0.3, 0.4) is 0 Å². The lowest BCUT2D eigenvalue weighted by molar-refractivity contribution is 0.638. The summed E-state index contributed by atoms with van der Waals surface area (Å²) in [6.45, 7) is 2.30. The molecule has 0 bridgehead atoms. The van der Waals surface area contributed by atoms with E-state index in [4.69, 9.17) is 0 Å². The fourth-order valence-electron chi connectivity index (χ4n) is 0.354. The van der Waals surface area contributed by atoms with Crippen molar-refractivity contribution in [2.75, 3.05) is 0 Å². The normalized spacial score (nSPS) is 17.2. The molecule has 0 aromatic carbocycles. The van der Waals surface area contributed by atoms with Crippen LogP contribution >= 0.6 is 0 Å². The van der Waals surface area contributed by atoms with Gasteiger partial charge < -0.3 is 0 Å². The average molecular weight is 166 g/mol. The Hall–Kier alpha value is -0.510. The lowest BCUT2D eigenvalue weighted by Crippen LogP contribution is -1.77. The van der Waals surface area contributed by atoms with Gasteiger partial charge in [-0.25, -0.2) is 8.78 Å². The molecule has 58 valence electrons. The zero-order chi connectivity index (χ0) is 8.15. The van der Waals surface area contributed by atoms with Crippen molar-refractivity contribution in [2.24, 2.45) is 0 Å². The summed E-state index contributed by atoms with van der Waals surface area (Å²) >= 11 is 0. The highest BCUT2D eigenvalue weighted by Crippen LogP contribution is 2.01. The molecule has 0 aromatic heterocycles. The Labute approximate surface area is 60.9 Å². The zero-order valence-electron chi connectivity index (χ0n) is 5.73. The Morgan fingerprint density at radius 2 is 1.50 bits per heavy atom. The molecule has 0 saturated heterocycles. The fourth-order valence-corrected chi connectivity index (χ4v) is 1.06. The van der Waals surface area contributed by atoms with Gasteiger partial charge in [-0.05, 0) is 13.8 Å². The van der Waals surface area contributed by atoms with Crippen LogP contribution in [0.15, 0.2) is 22.5 Å². The van der Waals surface area contributed by atoms with Crippen molar-refractivity contribution < 1.29 is 13.0 Å². The lowest BCUT2D eigenvalue weighted by atomic mass is 10.7. The largest absolute Gasteiger partial charge is 0.250 e. The van der Waals surface area contributed by atoms with Crippen molar-refractivity contribution in [3.05, 3.63) is 22.5 Å². The predicted octanol–water partition coefficient (Wildman–Crippen LogP) is 2.40. The molecule has 0 radical (unpaired) electrons. The highest BCUT2D eigenvalue weighted by molar-refractivity contribution is 7.90. The van der Waals surface area contributed by atoms with Crippen LogP contribution in [0, 0.1) is 0 Å². The van der Waals surface area contributed by atoms with Gasteiger partial charge in [0, 0.05) is 10.8 Å². The molecule has 1 nitrogen and oxygen atoms in total. The molecule has 0 aliphatic heterocycles. The first-order valence-corrected chi connectivity index (χ1v) is 3.87. The standard InChI is InChI=1S/C6H8F2OS/c1-5(7)3-10(9)4-6(2)8/h3-4H,1-2H3. The fraction of sp³-hybridized carbons (Fsp3) is 0.333.